The SMILES string of the molecule is Cc1sc2nc([C@H](C)OC(=O)[C@H](C)Oc3ccccc3)[nH]c(=O)c2c1C. The maximum atomic E-state index is 12.3. The van der Waals surface area contributed by atoms with Crippen molar-refractivity contribution < 1.29 is 14.3 Å². The minimum absolute atomic E-state index is 0.219. The summed E-state index contributed by atoms with van der Waals surface area (Å²) < 4.78 is 11.0. The van der Waals surface area contributed by atoms with Crippen LogP contribution in [0.1, 0.15) is 36.2 Å². The van der Waals surface area contributed by atoms with Gasteiger partial charge >= 0.3 is 5.97 Å². The van der Waals surface area contributed by atoms with Crippen molar-refractivity contribution in [2.45, 2.75) is 39.9 Å². The van der Waals surface area contributed by atoms with Crippen molar-refractivity contribution in [1.82, 2.24) is 9.97 Å². The lowest BCUT2D eigenvalue weighted by Crippen LogP contribution is -2.28. The first-order chi connectivity index (χ1) is 12.4. The molecule has 26 heavy (non-hydrogen) atoms. The molecule has 0 radical (unpaired) electrons. The molecule has 7 heteroatoms. The van der Waals surface area contributed by atoms with E-state index in [0.717, 1.165) is 10.4 Å². The van der Waals surface area contributed by atoms with Crippen LogP contribution in [-0.4, -0.2) is 22.0 Å². The van der Waals surface area contributed by atoms with Gasteiger partial charge in [0.2, 0.25) is 0 Å². The first-order valence-electron chi connectivity index (χ1n) is 8.29. The molecule has 0 aliphatic carbocycles. The third-order valence-corrected chi connectivity index (χ3v) is 5.22. The second-order valence-electron chi connectivity index (χ2n) is 6.07. The Morgan fingerprint density at radius 2 is 1.88 bits per heavy atom. The standard InChI is InChI=1S/C19H20N2O4S/c1-10-13(4)26-18-15(10)17(22)20-16(21-18)11(2)25-19(23)12(3)24-14-8-6-5-7-9-14/h5-9,11-12H,1-4H3,(H,20,21,22)/t11-,12-/m0/s1. The van der Waals surface area contributed by atoms with Crippen LogP contribution in [0.4, 0.5) is 0 Å². The van der Waals surface area contributed by atoms with Gasteiger partial charge in [-0.15, -0.1) is 11.3 Å². The fourth-order valence-electron chi connectivity index (χ4n) is 2.54. The van der Waals surface area contributed by atoms with Gasteiger partial charge in [-0.2, -0.15) is 0 Å². The quantitative estimate of drug-likeness (QED) is 0.691. The monoisotopic (exact) mass is 372 g/mol. The van der Waals surface area contributed by atoms with Gasteiger partial charge in [0.1, 0.15) is 10.6 Å². The van der Waals surface area contributed by atoms with Gasteiger partial charge in [-0.3, -0.25) is 4.79 Å². The lowest BCUT2D eigenvalue weighted by Gasteiger charge is -2.17. The van der Waals surface area contributed by atoms with Crippen molar-refractivity contribution in [3.05, 3.63) is 57.0 Å². The largest absolute Gasteiger partial charge is 0.479 e. The number of aromatic amines is 1. The van der Waals surface area contributed by atoms with Gasteiger partial charge in [-0.05, 0) is 45.4 Å². The number of fused-ring (bicyclic) bond motifs is 1. The number of esters is 1. The summed E-state index contributed by atoms with van der Waals surface area (Å²) in [5, 5.41) is 0.593. The number of ether oxygens (including phenoxy) is 2. The molecule has 0 unspecified atom stereocenters. The Morgan fingerprint density at radius 3 is 2.58 bits per heavy atom. The van der Waals surface area contributed by atoms with Gasteiger partial charge in [0.05, 0.1) is 5.39 Å². The fraction of sp³-hybridized carbons (Fsp3) is 0.316. The molecule has 0 aliphatic rings. The first-order valence-corrected chi connectivity index (χ1v) is 9.10. The van der Waals surface area contributed by atoms with Crippen LogP contribution >= 0.6 is 11.3 Å². The van der Waals surface area contributed by atoms with E-state index in [1.165, 1.54) is 11.3 Å². The number of H-pyrrole nitrogens is 1. The molecule has 6 nitrogen and oxygen atoms in total. The number of rotatable bonds is 5. The lowest BCUT2D eigenvalue weighted by molar-refractivity contribution is -0.156. The maximum Gasteiger partial charge on any atom is 0.347 e. The molecule has 0 amide bonds. The average Bonchev–Trinajstić information content (AvgIpc) is 2.90. The highest BCUT2D eigenvalue weighted by atomic mass is 32.1. The average molecular weight is 372 g/mol. The number of hydrogen-bond donors (Lipinski definition) is 1. The van der Waals surface area contributed by atoms with Gasteiger partial charge in [-0.1, -0.05) is 18.2 Å². The summed E-state index contributed by atoms with van der Waals surface area (Å²) in [7, 11) is 0. The van der Waals surface area contributed by atoms with E-state index in [9.17, 15) is 9.59 Å². The van der Waals surface area contributed by atoms with E-state index < -0.39 is 18.2 Å². The maximum absolute atomic E-state index is 12.3. The number of nitrogens with zero attached hydrogens (tertiary/aromatic N) is 1. The highest BCUT2D eigenvalue weighted by Crippen LogP contribution is 2.27. The summed E-state index contributed by atoms with van der Waals surface area (Å²) in [6, 6.07) is 9.04. The molecule has 0 saturated heterocycles. The molecule has 2 aromatic heterocycles. The minimum atomic E-state index is -0.776. The second kappa shape index (κ2) is 7.29. The minimum Gasteiger partial charge on any atom is -0.479 e. The fourth-order valence-corrected chi connectivity index (χ4v) is 3.58. The predicted octanol–water partition coefficient (Wildman–Crippen LogP) is 3.67. The zero-order chi connectivity index (χ0) is 18.8. The van der Waals surface area contributed by atoms with Crippen LogP contribution in [0.2, 0.25) is 0 Å². The summed E-state index contributed by atoms with van der Waals surface area (Å²) in [6.07, 6.45) is -1.47. The Kier molecular flexibility index (Phi) is 5.08. The van der Waals surface area contributed by atoms with Crippen molar-refractivity contribution >= 4 is 27.5 Å². The Bertz CT molecular complexity index is 994. The number of nitrogens with one attached hydrogen (secondary N) is 1. The number of para-hydroxylation sites is 1. The number of benzene rings is 1. The molecule has 0 aliphatic heterocycles. The van der Waals surface area contributed by atoms with E-state index in [1.807, 2.05) is 32.0 Å². The number of thiophene rings is 1. The van der Waals surface area contributed by atoms with E-state index in [1.54, 1.807) is 26.0 Å². The molecule has 2 heterocycles. The summed E-state index contributed by atoms with van der Waals surface area (Å²) in [5.41, 5.74) is 0.711. The lowest BCUT2D eigenvalue weighted by atomic mass is 10.2. The summed E-state index contributed by atoms with van der Waals surface area (Å²) in [4.78, 5) is 33.5. The van der Waals surface area contributed by atoms with Crippen LogP contribution in [0.5, 0.6) is 5.75 Å². The number of hydrogen-bond acceptors (Lipinski definition) is 6. The number of carbonyl (C=O) groups is 1. The Labute approximate surface area is 154 Å². The molecule has 0 spiro atoms. The second-order valence-corrected chi connectivity index (χ2v) is 7.27. The van der Waals surface area contributed by atoms with Crippen LogP contribution in [0.25, 0.3) is 10.2 Å². The molecule has 1 aromatic carbocycles. The number of aromatic nitrogens is 2. The Morgan fingerprint density at radius 1 is 1.19 bits per heavy atom. The van der Waals surface area contributed by atoms with Gasteiger partial charge in [0.15, 0.2) is 18.0 Å². The summed E-state index contributed by atoms with van der Waals surface area (Å²) in [6.45, 7) is 7.14. The normalized spacial score (nSPS) is 13.4. The van der Waals surface area contributed by atoms with E-state index in [0.29, 0.717) is 21.8 Å². The Hall–Kier alpha value is -2.67. The zero-order valence-electron chi connectivity index (χ0n) is 15.0. The smallest absolute Gasteiger partial charge is 0.347 e. The highest BCUT2D eigenvalue weighted by Gasteiger charge is 2.22. The van der Waals surface area contributed by atoms with Gasteiger partial charge in [0, 0.05) is 4.88 Å². The molecule has 2 atom stereocenters. The Balaban J connectivity index is 1.75. The number of aryl methyl sites for hydroxylation is 2. The third kappa shape index (κ3) is 3.62. The van der Waals surface area contributed by atoms with Crippen molar-refractivity contribution in [1.29, 1.82) is 0 Å². The molecule has 0 fully saturated rings. The molecule has 1 N–H and O–H groups in total. The van der Waals surface area contributed by atoms with Crippen LogP contribution in [0.15, 0.2) is 35.1 Å². The van der Waals surface area contributed by atoms with Crippen molar-refractivity contribution in [2.75, 3.05) is 0 Å². The molecule has 0 bridgehead atoms. The van der Waals surface area contributed by atoms with Gasteiger partial charge < -0.3 is 14.5 Å². The molecule has 3 aromatic rings. The van der Waals surface area contributed by atoms with E-state index in [2.05, 4.69) is 9.97 Å². The van der Waals surface area contributed by atoms with Crippen molar-refractivity contribution in [3.8, 4) is 5.75 Å². The van der Waals surface area contributed by atoms with Gasteiger partial charge in [0.25, 0.3) is 5.56 Å². The molecule has 3 rings (SSSR count). The topological polar surface area (TPSA) is 81.3 Å². The zero-order valence-corrected chi connectivity index (χ0v) is 15.8. The van der Waals surface area contributed by atoms with Crippen LogP contribution < -0.4 is 10.3 Å². The summed E-state index contributed by atoms with van der Waals surface area (Å²) >= 11 is 1.46. The van der Waals surface area contributed by atoms with E-state index >= 15 is 0 Å². The molecular formula is C19H20N2O4S. The predicted molar refractivity (Wildman–Crippen MR) is 101 cm³/mol. The third-order valence-electron chi connectivity index (χ3n) is 4.12. The molecular weight excluding hydrogens is 352 g/mol. The highest BCUT2D eigenvalue weighted by molar-refractivity contribution is 7.18. The van der Waals surface area contributed by atoms with E-state index in [4.69, 9.17) is 9.47 Å². The van der Waals surface area contributed by atoms with Crippen molar-refractivity contribution in [3.63, 3.8) is 0 Å². The first kappa shape index (κ1) is 18.1. The van der Waals surface area contributed by atoms with Crippen molar-refractivity contribution in [2.24, 2.45) is 0 Å². The van der Waals surface area contributed by atoms with Crippen LogP contribution in [-0.2, 0) is 9.53 Å². The van der Waals surface area contributed by atoms with Gasteiger partial charge in [-0.25, -0.2) is 9.78 Å². The van der Waals surface area contributed by atoms with Crippen LogP contribution in [0.3, 0.4) is 0 Å². The van der Waals surface area contributed by atoms with Crippen LogP contribution in [0, 0.1) is 13.8 Å². The molecule has 0 saturated carbocycles. The summed E-state index contributed by atoms with van der Waals surface area (Å²) in [5.74, 6) is 0.383. The molecule has 136 valence electrons. The number of carbonyl (C=O) groups excluding carboxylic acids is 1. The van der Waals surface area contributed by atoms with E-state index in [-0.39, 0.29) is 5.56 Å².